The van der Waals surface area contributed by atoms with E-state index in [-0.39, 0.29) is 5.54 Å². The molecule has 3 N–H and O–H groups in total. The van der Waals surface area contributed by atoms with E-state index >= 15 is 0 Å². The van der Waals surface area contributed by atoms with Crippen LogP contribution in [0.15, 0.2) is 30.5 Å². The Morgan fingerprint density at radius 1 is 1.29 bits per heavy atom. The van der Waals surface area contributed by atoms with Gasteiger partial charge in [0.05, 0.1) is 0 Å². The largest absolute Gasteiger partial charge is 0.361 e. The molecule has 2 heteroatoms. The SMILES string of the molecule is CC(C)(N)Cc1ccc2[nH]ccc2c1. The molecule has 0 aliphatic heterocycles. The Hall–Kier alpha value is -1.28. The average Bonchev–Trinajstić information content (AvgIpc) is 2.47. The van der Waals surface area contributed by atoms with Crippen molar-refractivity contribution in [1.29, 1.82) is 0 Å². The van der Waals surface area contributed by atoms with Crippen molar-refractivity contribution in [2.75, 3.05) is 0 Å². The summed E-state index contributed by atoms with van der Waals surface area (Å²) in [7, 11) is 0. The third-order valence-electron chi connectivity index (χ3n) is 2.28. The molecule has 0 atom stereocenters. The summed E-state index contributed by atoms with van der Waals surface area (Å²) in [5.41, 5.74) is 8.32. The van der Waals surface area contributed by atoms with E-state index < -0.39 is 0 Å². The Balaban J connectivity index is 2.35. The second-order valence-corrected chi connectivity index (χ2v) is 4.56. The molecule has 1 aromatic heterocycles. The van der Waals surface area contributed by atoms with Gasteiger partial charge in [0, 0.05) is 17.3 Å². The minimum atomic E-state index is -0.135. The van der Waals surface area contributed by atoms with Gasteiger partial charge >= 0.3 is 0 Å². The van der Waals surface area contributed by atoms with Crippen LogP contribution in [0.5, 0.6) is 0 Å². The van der Waals surface area contributed by atoms with Gasteiger partial charge in [-0.25, -0.2) is 0 Å². The number of hydrogen-bond acceptors (Lipinski definition) is 1. The monoisotopic (exact) mass is 188 g/mol. The third-order valence-corrected chi connectivity index (χ3v) is 2.28. The van der Waals surface area contributed by atoms with Crippen molar-refractivity contribution >= 4 is 10.9 Å². The molecule has 0 fully saturated rings. The Bertz CT molecular complexity index is 435. The summed E-state index contributed by atoms with van der Waals surface area (Å²) in [4.78, 5) is 3.18. The van der Waals surface area contributed by atoms with Gasteiger partial charge < -0.3 is 10.7 Å². The van der Waals surface area contributed by atoms with Crippen molar-refractivity contribution in [3.05, 3.63) is 36.0 Å². The fourth-order valence-electron chi connectivity index (χ4n) is 1.74. The summed E-state index contributed by atoms with van der Waals surface area (Å²) in [6.45, 7) is 4.10. The zero-order valence-electron chi connectivity index (χ0n) is 8.67. The molecule has 0 saturated heterocycles. The van der Waals surface area contributed by atoms with E-state index in [1.165, 1.54) is 16.5 Å². The van der Waals surface area contributed by atoms with E-state index in [1.54, 1.807) is 0 Å². The molecule has 0 saturated carbocycles. The fraction of sp³-hybridized carbons (Fsp3) is 0.333. The smallest absolute Gasteiger partial charge is 0.0454 e. The lowest BCUT2D eigenvalue weighted by molar-refractivity contribution is 0.517. The van der Waals surface area contributed by atoms with Gasteiger partial charge in [-0.2, -0.15) is 0 Å². The van der Waals surface area contributed by atoms with Crippen molar-refractivity contribution in [2.24, 2.45) is 5.73 Å². The van der Waals surface area contributed by atoms with E-state index in [9.17, 15) is 0 Å². The maximum Gasteiger partial charge on any atom is 0.0454 e. The molecule has 0 radical (unpaired) electrons. The molecule has 14 heavy (non-hydrogen) atoms. The molecule has 2 aromatic rings. The van der Waals surface area contributed by atoms with Crippen LogP contribution in [0.4, 0.5) is 0 Å². The molecule has 0 aliphatic carbocycles. The highest BCUT2D eigenvalue weighted by Gasteiger charge is 2.11. The first-order valence-corrected chi connectivity index (χ1v) is 4.89. The summed E-state index contributed by atoms with van der Waals surface area (Å²) >= 11 is 0. The number of nitrogens with one attached hydrogen (secondary N) is 1. The second kappa shape index (κ2) is 3.14. The van der Waals surface area contributed by atoms with E-state index in [0.717, 1.165) is 6.42 Å². The molecular formula is C12H16N2. The highest BCUT2D eigenvalue weighted by Crippen LogP contribution is 2.17. The Kier molecular flexibility index (Phi) is 2.08. The van der Waals surface area contributed by atoms with E-state index in [2.05, 4.69) is 29.2 Å². The molecule has 1 aromatic carbocycles. The van der Waals surface area contributed by atoms with Crippen LogP contribution in [0, 0.1) is 0 Å². The average molecular weight is 188 g/mol. The van der Waals surface area contributed by atoms with Crippen LogP contribution in [0.2, 0.25) is 0 Å². The lowest BCUT2D eigenvalue weighted by Crippen LogP contribution is -2.34. The minimum Gasteiger partial charge on any atom is -0.361 e. The first kappa shape index (κ1) is 9.28. The van der Waals surface area contributed by atoms with Crippen molar-refractivity contribution in [3.8, 4) is 0 Å². The lowest BCUT2D eigenvalue weighted by Gasteiger charge is -2.18. The number of H-pyrrole nitrogens is 1. The second-order valence-electron chi connectivity index (χ2n) is 4.56. The van der Waals surface area contributed by atoms with E-state index in [1.807, 2.05) is 20.0 Å². The predicted molar refractivity (Wildman–Crippen MR) is 60.3 cm³/mol. The molecule has 74 valence electrons. The topological polar surface area (TPSA) is 41.8 Å². The van der Waals surface area contributed by atoms with E-state index in [4.69, 9.17) is 5.73 Å². The van der Waals surface area contributed by atoms with Gasteiger partial charge in [0.2, 0.25) is 0 Å². The zero-order chi connectivity index (χ0) is 10.2. The Morgan fingerprint density at radius 2 is 2.07 bits per heavy atom. The van der Waals surface area contributed by atoms with Crippen molar-refractivity contribution in [1.82, 2.24) is 4.98 Å². The molecule has 2 nitrogen and oxygen atoms in total. The van der Waals surface area contributed by atoms with Gasteiger partial charge in [0.25, 0.3) is 0 Å². The quantitative estimate of drug-likeness (QED) is 0.746. The Labute approximate surface area is 84.1 Å². The van der Waals surface area contributed by atoms with Crippen LogP contribution < -0.4 is 5.73 Å². The predicted octanol–water partition coefficient (Wildman–Crippen LogP) is 2.45. The number of nitrogens with two attached hydrogens (primary N) is 1. The van der Waals surface area contributed by atoms with Gasteiger partial charge in [-0.15, -0.1) is 0 Å². The number of rotatable bonds is 2. The summed E-state index contributed by atoms with van der Waals surface area (Å²) in [6, 6.07) is 8.52. The molecule has 0 amide bonds. The maximum atomic E-state index is 5.98. The van der Waals surface area contributed by atoms with Gasteiger partial charge in [-0.05, 0) is 49.4 Å². The van der Waals surface area contributed by atoms with Crippen molar-refractivity contribution in [2.45, 2.75) is 25.8 Å². The van der Waals surface area contributed by atoms with Crippen LogP contribution in [0.25, 0.3) is 10.9 Å². The van der Waals surface area contributed by atoms with Crippen LogP contribution in [0.1, 0.15) is 19.4 Å². The number of hydrogen-bond donors (Lipinski definition) is 2. The molecule has 0 unspecified atom stereocenters. The fourth-order valence-corrected chi connectivity index (χ4v) is 1.74. The van der Waals surface area contributed by atoms with Crippen LogP contribution >= 0.6 is 0 Å². The van der Waals surface area contributed by atoms with Gasteiger partial charge in [-0.1, -0.05) is 6.07 Å². The number of fused-ring (bicyclic) bond motifs is 1. The Morgan fingerprint density at radius 3 is 2.79 bits per heavy atom. The molecule has 1 heterocycles. The van der Waals surface area contributed by atoms with E-state index in [0.29, 0.717) is 0 Å². The number of aromatic nitrogens is 1. The first-order chi connectivity index (χ1) is 6.54. The van der Waals surface area contributed by atoms with Crippen LogP contribution in [-0.4, -0.2) is 10.5 Å². The molecule has 0 aliphatic rings. The summed E-state index contributed by atoms with van der Waals surface area (Å²) in [5, 5.41) is 1.26. The molecule has 0 bridgehead atoms. The van der Waals surface area contributed by atoms with Crippen molar-refractivity contribution < 1.29 is 0 Å². The van der Waals surface area contributed by atoms with Gasteiger partial charge in [-0.3, -0.25) is 0 Å². The van der Waals surface area contributed by atoms with Gasteiger partial charge in [0.1, 0.15) is 0 Å². The molecule has 0 spiro atoms. The highest BCUT2D eigenvalue weighted by molar-refractivity contribution is 5.79. The number of aromatic amines is 1. The van der Waals surface area contributed by atoms with Crippen LogP contribution in [0.3, 0.4) is 0 Å². The molecule has 2 rings (SSSR count). The minimum absolute atomic E-state index is 0.135. The third kappa shape index (κ3) is 1.96. The zero-order valence-corrected chi connectivity index (χ0v) is 8.67. The maximum absolute atomic E-state index is 5.98. The summed E-state index contributed by atoms with van der Waals surface area (Å²) in [5.74, 6) is 0. The van der Waals surface area contributed by atoms with Crippen LogP contribution in [-0.2, 0) is 6.42 Å². The summed E-state index contributed by atoms with van der Waals surface area (Å²) < 4.78 is 0. The van der Waals surface area contributed by atoms with Gasteiger partial charge in [0.15, 0.2) is 0 Å². The summed E-state index contributed by atoms with van der Waals surface area (Å²) in [6.07, 6.45) is 2.87. The molecular weight excluding hydrogens is 172 g/mol. The van der Waals surface area contributed by atoms with Crippen molar-refractivity contribution in [3.63, 3.8) is 0 Å². The normalized spacial score (nSPS) is 12.2. The number of benzene rings is 1. The first-order valence-electron chi connectivity index (χ1n) is 4.89. The lowest BCUT2D eigenvalue weighted by atomic mass is 9.96. The standard InChI is InChI=1S/C12H16N2/c1-12(2,13)8-9-3-4-11-10(7-9)5-6-14-11/h3-7,14H,8,13H2,1-2H3. The highest BCUT2D eigenvalue weighted by atomic mass is 14.7.